The summed E-state index contributed by atoms with van der Waals surface area (Å²) in [6, 6.07) is 10.1. The van der Waals surface area contributed by atoms with Gasteiger partial charge in [-0.2, -0.15) is 0 Å². The molecular weight excluding hydrogens is 394 g/mol. The summed E-state index contributed by atoms with van der Waals surface area (Å²) in [4.78, 5) is 29.6. The lowest BCUT2D eigenvalue weighted by Crippen LogP contribution is -2.24. The van der Waals surface area contributed by atoms with Crippen molar-refractivity contribution < 1.29 is 18.5 Å². The molecule has 0 N–H and O–H groups in total. The van der Waals surface area contributed by atoms with E-state index < -0.39 is 5.97 Å². The highest BCUT2D eigenvalue weighted by atomic mass is 32.2. The summed E-state index contributed by atoms with van der Waals surface area (Å²) in [6.07, 6.45) is 1.56. The van der Waals surface area contributed by atoms with Crippen molar-refractivity contribution in [2.24, 2.45) is 0 Å². The second-order valence-electron chi connectivity index (χ2n) is 6.31. The maximum Gasteiger partial charge on any atom is 0.337 e. The van der Waals surface area contributed by atoms with Gasteiger partial charge in [-0.3, -0.25) is 9.36 Å². The van der Waals surface area contributed by atoms with E-state index in [1.165, 1.54) is 18.9 Å². The van der Waals surface area contributed by atoms with Crippen molar-refractivity contribution in [3.8, 4) is 0 Å². The first-order chi connectivity index (χ1) is 14.0. The zero-order valence-electron chi connectivity index (χ0n) is 15.7. The Morgan fingerprint density at radius 3 is 2.83 bits per heavy atom. The number of rotatable bonds is 6. The number of hydrogen-bond donors (Lipinski definition) is 0. The Morgan fingerprint density at radius 2 is 2.14 bits per heavy atom. The van der Waals surface area contributed by atoms with E-state index in [0.29, 0.717) is 38.9 Å². The third kappa shape index (κ3) is 3.95. The van der Waals surface area contributed by atoms with Crippen LogP contribution < -0.4 is 5.56 Å². The largest absolute Gasteiger partial charge is 0.467 e. The van der Waals surface area contributed by atoms with E-state index in [4.69, 9.17) is 13.7 Å². The van der Waals surface area contributed by atoms with Crippen LogP contribution >= 0.6 is 11.8 Å². The van der Waals surface area contributed by atoms with Crippen LogP contribution in [-0.4, -0.2) is 27.8 Å². The number of carbonyl (C=O) groups excluding carboxylic acids is 1. The van der Waals surface area contributed by atoms with Gasteiger partial charge in [0.05, 0.1) is 42.1 Å². The molecule has 3 aromatic heterocycles. The van der Waals surface area contributed by atoms with Crippen molar-refractivity contribution in [1.29, 1.82) is 0 Å². The number of aromatic nitrogens is 3. The number of aryl methyl sites for hydroxylation is 1. The first-order valence-electron chi connectivity index (χ1n) is 8.75. The van der Waals surface area contributed by atoms with Gasteiger partial charge in [-0.1, -0.05) is 16.9 Å². The number of carbonyl (C=O) groups is 1. The second-order valence-corrected chi connectivity index (χ2v) is 7.25. The Hall–Kier alpha value is -3.33. The fourth-order valence-electron chi connectivity index (χ4n) is 2.88. The molecule has 3 heterocycles. The van der Waals surface area contributed by atoms with Crippen LogP contribution in [0.2, 0.25) is 0 Å². The molecular formula is C20H17N3O5S. The lowest BCUT2D eigenvalue weighted by molar-refractivity contribution is 0.0601. The lowest BCUT2D eigenvalue weighted by atomic mass is 10.1. The molecule has 0 fully saturated rings. The molecule has 0 radical (unpaired) electrons. The SMILES string of the molecule is COC(=O)c1ccc2c(=O)n(Cc3ccco3)c(SCc3cc(C)on3)nc2c1. The highest BCUT2D eigenvalue weighted by molar-refractivity contribution is 7.98. The Morgan fingerprint density at radius 1 is 1.28 bits per heavy atom. The highest BCUT2D eigenvalue weighted by Crippen LogP contribution is 2.23. The number of methoxy groups -OCH3 is 1. The molecule has 0 atom stereocenters. The minimum Gasteiger partial charge on any atom is -0.467 e. The Bertz CT molecular complexity index is 1230. The zero-order valence-corrected chi connectivity index (χ0v) is 16.6. The maximum atomic E-state index is 13.2. The van der Waals surface area contributed by atoms with Gasteiger partial charge in [0.1, 0.15) is 11.5 Å². The average Bonchev–Trinajstić information content (AvgIpc) is 3.39. The number of esters is 1. The Labute approximate surface area is 169 Å². The van der Waals surface area contributed by atoms with E-state index in [-0.39, 0.29) is 12.1 Å². The fourth-order valence-corrected chi connectivity index (χ4v) is 3.76. The van der Waals surface area contributed by atoms with Crippen LogP contribution in [0.3, 0.4) is 0 Å². The number of benzene rings is 1. The van der Waals surface area contributed by atoms with Gasteiger partial charge in [0, 0.05) is 11.8 Å². The molecule has 0 aliphatic heterocycles. The predicted molar refractivity (Wildman–Crippen MR) is 106 cm³/mol. The summed E-state index contributed by atoms with van der Waals surface area (Å²) in [6.45, 7) is 2.06. The minimum atomic E-state index is -0.485. The van der Waals surface area contributed by atoms with Crippen LogP contribution in [0.1, 0.15) is 27.6 Å². The van der Waals surface area contributed by atoms with Gasteiger partial charge in [-0.25, -0.2) is 9.78 Å². The molecule has 0 amide bonds. The van der Waals surface area contributed by atoms with E-state index in [0.717, 1.165) is 5.69 Å². The van der Waals surface area contributed by atoms with Crippen molar-refractivity contribution in [2.45, 2.75) is 24.4 Å². The molecule has 0 spiro atoms. The molecule has 0 aliphatic rings. The Kier molecular flexibility index (Phi) is 5.22. The molecule has 29 heavy (non-hydrogen) atoms. The van der Waals surface area contributed by atoms with E-state index in [9.17, 15) is 9.59 Å². The van der Waals surface area contributed by atoms with Crippen LogP contribution in [0.4, 0.5) is 0 Å². The molecule has 148 valence electrons. The molecule has 9 heteroatoms. The van der Waals surface area contributed by atoms with Crippen LogP contribution in [0, 0.1) is 6.92 Å². The molecule has 0 unspecified atom stereocenters. The number of fused-ring (bicyclic) bond motifs is 1. The van der Waals surface area contributed by atoms with Gasteiger partial charge >= 0.3 is 5.97 Å². The smallest absolute Gasteiger partial charge is 0.337 e. The normalized spacial score (nSPS) is 11.1. The quantitative estimate of drug-likeness (QED) is 0.270. The summed E-state index contributed by atoms with van der Waals surface area (Å²) in [5.41, 5.74) is 1.28. The maximum absolute atomic E-state index is 13.2. The van der Waals surface area contributed by atoms with Crippen molar-refractivity contribution >= 4 is 28.6 Å². The predicted octanol–water partition coefficient (Wildman–Crippen LogP) is 3.41. The lowest BCUT2D eigenvalue weighted by Gasteiger charge is -2.12. The topological polar surface area (TPSA) is 100 Å². The Balaban J connectivity index is 1.79. The molecule has 8 nitrogen and oxygen atoms in total. The van der Waals surface area contributed by atoms with E-state index >= 15 is 0 Å². The molecule has 4 rings (SSSR count). The van der Waals surface area contributed by atoms with Crippen LogP contribution in [-0.2, 0) is 17.0 Å². The van der Waals surface area contributed by atoms with Crippen molar-refractivity contribution in [2.75, 3.05) is 7.11 Å². The number of nitrogens with zero attached hydrogens (tertiary/aromatic N) is 3. The first-order valence-corrected chi connectivity index (χ1v) is 9.74. The minimum absolute atomic E-state index is 0.221. The summed E-state index contributed by atoms with van der Waals surface area (Å²) in [7, 11) is 1.31. The molecule has 1 aromatic carbocycles. The van der Waals surface area contributed by atoms with Crippen LogP contribution in [0.25, 0.3) is 10.9 Å². The molecule has 4 aromatic rings. The molecule has 0 saturated carbocycles. The molecule has 0 bridgehead atoms. The number of thioether (sulfide) groups is 1. The fraction of sp³-hybridized carbons (Fsp3) is 0.200. The van der Waals surface area contributed by atoms with E-state index in [1.807, 2.05) is 13.0 Å². The van der Waals surface area contributed by atoms with Gasteiger partial charge in [0.15, 0.2) is 5.16 Å². The van der Waals surface area contributed by atoms with Crippen LogP contribution in [0.15, 0.2) is 61.6 Å². The van der Waals surface area contributed by atoms with Crippen molar-refractivity contribution in [1.82, 2.24) is 14.7 Å². The standard InChI is InChI=1S/C20H17N3O5S/c1-12-8-14(22-28-12)11-29-20-21-17-9-13(19(25)26-2)5-6-16(17)18(24)23(20)10-15-4-3-7-27-15/h3-9H,10-11H2,1-2H3. The molecule has 0 aliphatic carbocycles. The summed E-state index contributed by atoms with van der Waals surface area (Å²) < 4.78 is 16.8. The van der Waals surface area contributed by atoms with Gasteiger partial charge in [0.25, 0.3) is 5.56 Å². The number of ether oxygens (including phenoxy) is 1. The van der Waals surface area contributed by atoms with Crippen molar-refractivity contribution in [3.63, 3.8) is 0 Å². The van der Waals surface area contributed by atoms with E-state index in [1.54, 1.807) is 41.2 Å². The third-order valence-electron chi connectivity index (χ3n) is 4.26. The van der Waals surface area contributed by atoms with Crippen molar-refractivity contribution in [3.05, 3.63) is 75.8 Å². The van der Waals surface area contributed by atoms with E-state index in [2.05, 4.69) is 10.1 Å². The second kappa shape index (κ2) is 7.96. The van der Waals surface area contributed by atoms with Gasteiger partial charge in [0.2, 0.25) is 0 Å². The van der Waals surface area contributed by atoms with Gasteiger partial charge in [-0.15, -0.1) is 0 Å². The summed E-state index contributed by atoms with van der Waals surface area (Å²) >= 11 is 1.36. The summed E-state index contributed by atoms with van der Waals surface area (Å²) in [5.74, 6) is 1.34. The van der Waals surface area contributed by atoms with Gasteiger partial charge < -0.3 is 13.7 Å². The third-order valence-corrected chi connectivity index (χ3v) is 5.27. The van der Waals surface area contributed by atoms with Crippen LogP contribution in [0.5, 0.6) is 0 Å². The zero-order chi connectivity index (χ0) is 20.4. The monoisotopic (exact) mass is 411 g/mol. The number of furan rings is 1. The summed E-state index contributed by atoms with van der Waals surface area (Å²) in [5, 5.41) is 4.87. The number of hydrogen-bond acceptors (Lipinski definition) is 8. The molecule has 0 saturated heterocycles. The average molecular weight is 411 g/mol. The first kappa shape index (κ1) is 19.0. The van der Waals surface area contributed by atoms with Gasteiger partial charge in [-0.05, 0) is 37.3 Å². The highest BCUT2D eigenvalue weighted by Gasteiger charge is 2.16.